The molecule has 1 saturated heterocycles. The zero-order valence-corrected chi connectivity index (χ0v) is 17.2. The molecule has 0 spiro atoms. The van der Waals surface area contributed by atoms with E-state index in [1.165, 1.54) is 42.4 Å². The molecule has 2 N–H and O–H groups in total. The number of nitrogens with zero attached hydrogens (tertiary/aromatic N) is 3. The first-order valence-corrected chi connectivity index (χ1v) is 10.7. The average molecular weight is 462 g/mol. The number of amides is 1. The van der Waals surface area contributed by atoms with Crippen molar-refractivity contribution in [3.8, 4) is 16.9 Å². The SMILES string of the molecule is O=C(N[C@@H]1CSC[C@@H]1O)c1cc(-c2ccc(C(F)(F)F)cc2)nn(-c2cccnc2)c1=O. The van der Waals surface area contributed by atoms with Crippen molar-refractivity contribution in [3.63, 3.8) is 0 Å². The van der Waals surface area contributed by atoms with Crippen LogP contribution in [0.1, 0.15) is 15.9 Å². The van der Waals surface area contributed by atoms with Crippen LogP contribution in [0.5, 0.6) is 0 Å². The maximum absolute atomic E-state index is 13.0. The summed E-state index contributed by atoms with van der Waals surface area (Å²) in [4.78, 5) is 29.9. The van der Waals surface area contributed by atoms with Gasteiger partial charge < -0.3 is 10.4 Å². The molecule has 4 rings (SSSR count). The van der Waals surface area contributed by atoms with E-state index in [9.17, 15) is 27.9 Å². The average Bonchev–Trinajstić information content (AvgIpc) is 3.18. The molecule has 1 aliphatic heterocycles. The van der Waals surface area contributed by atoms with Crippen molar-refractivity contribution < 1.29 is 23.1 Å². The van der Waals surface area contributed by atoms with E-state index in [2.05, 4.69) is 15.4 Å². The molecule has 11 heteroatoms. The lowest BCUT2D eigenvalue weighted by molar-refractivity contribution is -0.137. The monoisotopic (exact) mass is 462 g/mol. The number of hydrogen-bond acceptors (Lipinski definition) is 6. The minimum atomic E-state index is -4.49. The van der Waals surface area contributed by atoms with Crippen LogP contribution in [0.4, 0.5) is 13.2 Å². The first-order valence-electron chi connectivity index (χ1n) is 9.53. The van der Waals surface area contributed by atoms with Crippen LogP contribution in [-0.4, -0.2) is 49.4 Å². The van der Waals surface area contributed by atoms with Gasteiger partial charge in [0.1, 0.15) is 5.56 Å². The van der Waals surface area contributed by atoms with Gasteiger partial charge in [0.15, 0.2) is 0 Å². The second-order valence-corrected chi connectivity index (χ2v) is 8.21. The molecule has 32 heavy (non-hydrogen) atoms. The topological polar surface area (TPSA) is 97.1 Å². The molecule has 2 aromatic heterocycles. The Morgan fingerprint density at radius 1 is 1.19 bits per heavy atom. The summed E-state index contributed by atoms with van der Waals surface area (Å²) in [6, 6.07) is 8.13. The van der Waals surface area contributed by atoms with Gasteiger partial charge in [-0.25, -0.2) is 0 Å². The van der Waals surface area contributed by atoms with Crippen LogP contribution in [0.2, 0.25) is 0 Å². The van der Waals surface area contributed by atoms with Gasteiger partial charge in [0.2, 0.25) is 0 Å². The summed E-state index contributed by atoms with van der Waals surface area (Å²) in [6.07, 6.45) is -2.35. The Morgan fingerprint density at radius 2 is 1.94 bits per heavy atom. The van der Waals surface area contributed by atoms with Gasteiger partial charge >= 0.3 is 6.18 Å². The van der Waals surface area contributed by atoms with Crippen molar-refractivity contribution in [2.75, 3.05) is 11.5 Å². The molecule has 7 nitrogen and oxygen atoms in total. The van der Waals surface area contributed by atoms with Crippen molar-refractivity contribution >= 4 is 17.7 Å². The molecular formula is C21H17F3N4O3S. The highest BCUT2D eigenvalue weighted by Gasteiger charge is 2.31. The first-order chi connectivity index (χ1) is 15.2. The van der Waals surface area contributed by atoms with Crippen LogP contribution in [0.25, 0.3) is 16.9 Å². The molecule has 0 bridgehead atoms. The van der Waals surface area contributed by atoms with Gasteiger partial charge in [-0.15, -0.1) is 0 Å². The number of halogens is 3. The van der Waals surface area contributed by atoms with Crippen LogP contribution >= 0.6 is 11.8 Å². The van der Waals surface area contributed by atoms with Gasteiger partial charge in [0.25, 0.3) is 11.5 Å². The quantitative estimate of drug-likeness (QED) is 0.619. The maximum atomic E-state index is 13.0. The molecule has 3 heterocycles. The molecule has 166 valence electrons. The molecule has 1 amide bonds. The van der Waals surface area contributed by atoms with Gasteiger partial charge in [0, 0.05) is 23.3 Å². The Kier molecular flexibility index (Phi) is 6.02. The van der Waals surface area contributed by atoms with E-state index in [0.29, 0.717) is 17.1 Å². The van der Waals surface area contributed by atoms with Gasteiger partial charge in [-0.3, -0.25) is 14.6 Å². The number of nitrogens with one attached hydrogen (secondary N) is 1. The third-order valence-corrected chi connectivity index (χ3v) is 6.09. The summed E-state index contributed by atoms with van der Waals surface area (Å²) < 4.78 is 39.7. The van der Waals surface area contributed by atoms with Gasteiger partial charge in [-0.1, -0.05) is 12.1 Å². The van der Waals surface area contributed by atoms with Crippen molar-refractivity contribution in [2.24, 2.45) is 0 Å². The molecule has 1 aromatic carbocycles. The van der Waals surface area contributed by atoms with Gasteiger partial charge in [-0.05, 0) is 30.3 Å². The number of rotatable bonds is 4. The number of aromatic nitrogens is 3. The highest BCUT2D eigenvalue weighted by Crippen LogP contribution is 2.30. The van der Waals surface area contributed by atoms with Crippen molar-refractivity contribution in [1.82, 2.24) is 20.1 Å². The van der Waals surface area contributed by atoms with E-state index < -0.39 is 35.4 Å². The predicted octanol–water partition coefficient (Wildman–Crippen LogP) is 2.52. The summed E-state index contributed by atoms with van der Waals surface area (Å²) in [7, 11) is 0. The Labute approximate surface area is 184 Å². The first kappa shape index (κ1) is 22.0. The number of carbonyl (C=O) groups excluding carboxylic acids is 1. The number of hydrogen-bond donors (Lipinski definition) is 2. The minimum absolute atomic E-state index is 0.133. The zero-order chi connectivity index (χ0) is 22.9. The summed E-state index contributed by atoms with van der Waals surface area (Å²) in [5.74, 6) is 0.271. The lowest BCUT2D eigenvalue weighted by Crippen LogP contribution is -2.44. The molecule has 1 aliphatic rings. The number of benzene rings is 1. The van der Waals surface area contributed by atoms with E-state index in [0.717, 1.165) is 16.8 Å². The van der Waals surface area contributed by atoms with Crippen LogP contribution in [0.3, 0.4) is 0 Å². The number of pyridine rings is 1. The number of carbonyl (C=O) groups is 1. The fourth-order valence-corrected chi connectivity index (χ4v) is 4.38. The van der Waals surface area contributed by atoms with Crippen LogP contribution < -0.4 is 10.9 Å². The normalized spacial score (nSPS) is 18.5. The highest BCUT2D eigenvalue weighted by molar-refractivity contribution is 7.99. The van der Waals surface area contributed by atoms with Crippen molar-refractivity contribution in [3.05, 3.63) is 76.3 Å². The summed E-state index contributed by atoms with van der Waals surface area (Å²) in [6.45, 7) is 0. The third kappa shape index (κ3) is 4.53. The summed E-state index contributed by atoms with van der Waals surface area (Å²) >= 11 is 1.47. The smallest absolute Gasteiger partial charge is 0.390 e. The standard InChI is InChI=1S/C21H17F3N4O3S/c22-21(23,24)13-5-3-12(4-6-13)16-8-15(19(30)26-17-10-32-11-18(17)29)20(31)28(27-16)14-2-1-7-25-9-14/h1-9,17-18,29H,10-11H2,(H,26,30)/t17-,18+/m1/s1. The molecule has 0 saturated carbocycles. The van der Waals surface area contributed by atoms with E-state index in [1.807, 2.05) is 0 Å². The molecule has 1 fully saturated rings. The van der Waals surface area contributed by atoms with E-state index in [1.54, 1.807) is 12.1 Å². The Morgan fingerprint density at radius 3 is 2.53 bits per heavy atom. The Balaban J connectivity index is 1.79. The largest absolute Gasteiger partial charge is 0.416 e. The van der Waals surface area contributed by atoms with Gasteiger partial charge in [0.05, 0.1) is 35.3 Å². The Bertz CT molecular complexity index is 1180. The zero-order valence-electron chi connectivity index (χ0n) is 16.4. The fourth-order valence-electron chi connectivity index (χ4n) is 3.21. The Hall–Kier alpha value is -3.18. The lowest BCUT2D eigenvalue weighted by Gasteiger charge is -2.16. The summed E-state index contributed by atoms with van der Waals surface area (Å²) in [5.41, 5.74) is -1.08. The molecule has 0 aliphatic carbocycles. The second kappa shape index (κ2) is 8.75. The summed E-state index contributed by atoms with van der Waals surface area (Å²) in [5, 5.41) is 16.9. The molecule has 2 atom stereocenters. The van der Waals surface area contributed by atoms with E-state index >= 15 is 0 Å². The number of aliphatic hydroxyl groups is 1. The minimum Gasteiger partial charge on any atom is -0.390 e. The van der Waals surface area contributed by atoms with Gasteiger partial charge in [-0.2, -0.15) is 34.7 Å². The van der Waals surface area contributed by atoms with Crippen LogP contribution in [-0.2, 0) is 6.18 Å². The van der Waals surface area contributed by atoms with E-state index in [-0.39, 0.29) is 16.9 Å². The maximum Gasteiger partial charge on any atom is 0.416 e. The number of aliphatic hydroxyl groups excluding tert-OH is 1. The number of thioether (sulfide) groups is 1. The molecular weight excluding hydrogens is 445 g/mol. The fraction of sp³-hybridized carbons (Fsp3) is 0.238. The second-order valence-electron chi connectivity index (χ2n) is 7.13. The van der Waals surface area contributed by atoms with E-state index in [4.69, 9.17) is 0 Å². The predicted molar refractivity (Wildman–Crippen MR) is 113 cm³/mol. The third-order valence-electron chi connectivity index (χ3n) is 4.92. The molecule has 3 aromatic rings. The highest BCUT2D eigenvalue weighted by atomic mass is 32.2. The van der Waals surface area contributed by atoms with Crippen molar-refractivity contribution in [1.29, 1.82) is 0 Å². The molecule has 0 unspecified atom stereocenters. The lowest BCUT2D eigenvalue weighted by atomic mass is 10.1. The van der Waals surface area contributed by atoms with Crippen molar-refractivity contribution in [2.45, 2.75) is 18.3 Å². The number of alkyl halides is 3. The van der Waals surface area contributed by atoms with Crippen LogP contribution in [0.15, 0.2) is 59.7 Å². The molecule has 0 radical (unpaired) electrons. The van der Waals surface area contributed by atoms with Crippen LogP contribution in [0, 0.1) is 0 Å².